The number of amides is 1. The molecule has 3 rings (SSSR count). The van der Waals surface area contributed by atoms with Crippen molar-refractivity contribution in [1.82, 2.24) is 20.1 Å². The lowest BCUT2D eigenvalue weighted by Crippen LogP contribution is -2.35. The van der Waals surface area contributed by atoms with Gasteiger partial charge in [0.2, 0.25) is 5.91 Å². The van der Waals surface area contributed by atoms with Crippen LogP contribution in [0.3, 0.4) is 0 Å². The molecule has 1 aromatic heterocycles. The summed E-state index contributed by atoms with van der Waals surface area (Å²) in [5.41, 5.74) is 1.10. The second-order valence-corrected chi connectivity index (χ2v) is 6.51. The Labute approximate surface area is 132 Å². The Kier molecular flexibility index (Phi) is 4.17. The first kappa shape index (κ1) is 14.4. The third-order valence-electron chi connectivity index (χ3n) is 3.54. The van der Waals surface area contributed by atoms with E-state index in [2.05, 4.69) is 15.4 Å². The third kappa shape index (κ3) is 3.06. The van der Waals surface area contributed by atoms with E-state index >= 15 is 0 Å². The van der Waals surface area contributed by atoms with Crippen LogP contribution >= 0.6 is 23.4 Å². The first-order valence-electron chi connectivity index (χ1n) is 6.72. The van der Waals surface area contributed by atoms with Gasteiger partial charge in [0.25, 0.3) is 0 Å². The van der Waals surface area contributed by atoms with E-state index in [0.29, 0.717) is 5.02 Å². The normalized spacial score (nSPS) is 18.9. The summed E-state index contributed by atoms with van der Waals surface area (Å²) >= 11 is 7.87. The van der Waals surface area contributed by atoms with Crippen molar-refractivity contribution < 1.29 is 4.79 Å². The van der Waals surface area contributed by atoms with E-state index in [1.54, 1.807) is 29.7 Å². The van der Waals surface area contributed by atoms with E-state index < -0.39 is 0 Å². The van der Waals surface area contributed by atoms with Crippen molar-refractivity contribution in [2.45, 2.75) is 30.3 Å². The van der Waals surface area contributed by atoms with Crippen LogP contribution in [0.1, 0.15) is 31.0 Å². The number of rotatable bonds is 3. The fourth-order valence-electron chi connectivity index (χ4n) is 2.35. The SMILES string of the molecule is C[C@@H](C(=O)N[C@@H]1CCSc2ccc(Cl)cc21)n1cncn1. The number of hydrogen-bond acceptors (Lipinski definition) is 4. The Morgan fingerprint density at radius 3 is 3.19 bits per heavy atom. The van der Waals surface area contributed by atoms with Crippen molar-refractivity contribution in [2.75, 3.05) is 5.75 Å². The molecule has 2 atom stereocenters. The summed E-state index contributed by atoms with van der Waals surface area (Å²) in [7, 11) is 0. The van der Waals surface area contributed by atoms with E-state index in [4.69, 9.17) is 11.6 Å². The highest BCUT2D eigenvalue weighted by molar-refractivity contribution is 7.99. The molecule has 2 heterocycles. The van der Waals surface area contributed by atoms with Gasteiger partial charge in [-0.05, 0) is 37.1 Å². The summed E-state index contributed by atoms with van der Waals surface area (Å²) < 4.78 is 1.55. The van der Waals surface area contributed by atoms with E-state index in [-0.39, 0.29) is 18.0 Å². The summed E-state index contributed by atoms with van der Waals surface area (Å²) in [6.45, 7) is 1.81. The molecule has 1 amide bonds. The van der Waals surface area contributed by atoms with Crippen LogP contribution in [0.4, 0.5) is 0 Å². The van der Waals surface area contributed by atoms with Crippen molar-refractivity contribution in [3.05, 3.63) is 41.4 Å². The lowest BCUT2D eigenvalue weighted by Gasteiger charge is -2.27. The second-order valence-electron chi connectivity index (χ2n) is 4.93. The number of halogens is 1. The van der Waals surface area contributed by atoms with E-state index in [0.717, 1.165) is 17.7 Å². The van der Waals surface area contributed by atoms with Crippen LogP contribution in [-0.2, 0) is 4.79 Å². The van der Waals surface area contributed by atoms with Gasteiger partial charge in [0.15, 0.2) is 0 Å². The van der Waals surface area contributed by atoms with Crippen molar-refractivity contribution in [1.29, 1.82) is 0 Å². The monoisotopic (exact) mass is 322 g/mol. The summed E-state index contributed by atoms with van der Waals surface area (Å²) in [5, 5.41) is 7.79. The first-order chi connectivity index (χ1) is 10.1. The summed E-state index contributed by atoms with van der Waals surface area (Å²) in [6, 6.07) is 5.45. The van der Waals surface area contributed by atoms with Crippen LogP contribution in [-0.4, -0.2) is 26.4 Å². The maximum absolute atomic E-state index is 12.4. The summed E-state index contributed by atoms with van der Waals surface area (Å²) in [5.74, 6) is 0.917. The third-order valence-corrected chi connectivity index (χ3v) is 4.90. The lowest BCUT2D eigenvalue weighted by atomic mass is 10.0. The molecule has 21 heavy (non-hydrogen) atoms. The highest BCUT2D eigenvalue weighted by Gasteiger charge is 2.25. The van der Waals surface area contributed by atoms with Crippen LogP contribution in [0, 0.1) is 0 Å². The maximum atomic E-state index is 12.4. The van der Waals surface area contributed by atoms with Crippen LogP contribution < -0.4 is 5.32 Å². The molecule has 1 aliphatic rings. The average Bonchev–Trinajstić information content (AvgIpc) is 3.01. The first-order valence-corrected chi connectivity index (χ1v) is 8.08. The number of hydrogen-bond donors (Lipinski definition) is 1. The molecule has 0 saturated carbocycles. The zero-order valence-electron chi connectivity index (χ0n) is 11.5. The van der Waals surface area contributed by atoms with Gasteiger partial charge in [-0.15, -0.1) is 11.8 Å². The van der Waals surface area contributed by atoms with Gasteiger partial charge in [-0.3, -0.25) is 4.79 Å². The molecular formula is C14H15ClN4OS. The minimum Gasteiger partial charge on any atom is -0.347 e. The predicted molar refractivity (Wildman–Crippen MR) is 82.4 cm³/mol. The van der Waals surface area contributed by atoms with E-state index in [1.807, 2.05) is 18.2 Å². The van der Waals surface area contributed by atoms with Crippen molar-refractivity contribution >= 4 is 29.3 Å². The minimum absolute atomic E-state index is 0.00146. The molecule has 0 spiro atoms. The molecular weight excluding hydrogens is 308 g/mol. The fraction of sp³-hybridized carbons (Fsp3) is 0.357. The number of thioether (sulfide) groups is 1. The van der Waals surface area contributed by atoms with Gasteiger partial charge in [-0.25, -0.2) is 9.67 Å². The molecule has 1 aromatic carbocycles. The van der Waals surface area contributed by atoms with Gasteiger partial charge in [-0.1, -0.05) is 11.6 Å². The van der Waals surface area contributed by atoms with Gasteiger partial charge >= 0.3 is 0 Å². The summed E-state index contributed by atoms with van der Waals surface area (Å²) in [4.78, 5) is 17.4. The smallest absolute Gasteiger partial charge is 0.245 e. The van der Waals surface area contributed by atoms with Gasteiger partial charge in [0, 0.05) is 15.7 Å². The molecule has 0 radical (unpaired) electrons. The Bertz CT molecular complexity index is 646. The Balaban J connectivity index is 1.77. The zero-order valence-corrected chi connectivity index (χ0v) is 13.1. The number of carbonyl (C=O) groups is 1. The zero-order chi connectivity index (χ0) is 14.8. The van der Waals surface area contributed by atoms with Crippen molar-refractivity contribution in [3.8, 4) is 0 Å². The molecule has 0 fully saturated rings. The molecule has 0 aliphatic carbocycles. The molecule has 0 unspecified atom stereocenters. The van der Waals surface area contributed by atoms with Gasteiger partial charge in [0.1, 0.15) is 18.7 Å². The molecule has 5 nitrogen and oxygen atoms in total. The molecule has 2 aromatic rings. The summed E-state index contributed by atoms with van der Waals surface area (Å²) in [6.07, 6.45) is 3.87. The quantitative estimate of drug-likeness (QED) is 0.944. The van der Waals surface area contributed by atoms with Gasteiger partial charge in [0.05, 0.1) is 6.04 Å². The second kappa shape index (κ2) is 6.07. The number of nitrogens with zero attached hydrogens (tertiary/aromatic N) is 3. The Hall–Kier alpha value is -1.53. The number of carbonyl (C=O) groups excluding carboxylic acids is 1. The van der Waals surface area contributed by atoms with Crippen LogP contribution in [0.15, 0.2) is 35.7 Å². The molecule has 110 valence electrons. The predicted octanol–water partition coefficient (Wildman–Crippen LogP) is 2.85. The molecule has 1 aliphatic heterocycles. The number of fused-ring (bicyclic) bond motifs is 1. The molecule has 1 N–H and O–H groups in total. The number of aromatic nitrogens is 3. The Morgan fingerprint density at radius 2 is 2.43 bits per heavy atom. The fourth-order valence-corrected chi connectivity index (χ4v) is 3.63. The van der Waals surface area contributed by atoms with E-state index in [1.165, 1.54) is 11.2 Å². The minimum atomic E-state index is -0.385. The van der Waals surface area contributed by atoms with Crippen LogP contribution in [0.25, 0.3) is 0 Å². The largest absolute Gasteiger partial charge is 0.347 e. The average molecular weight is 323 g/mol. The van der Waals surface area contributed by atoms with E-state index in [9.17, 15) is 4.79 Å². The van der Waals surface area contributed by atoms with Crippen LogP contribution in [0.2, 0.25) is 5.02 Å². The number of nitrogens with one attached hydrogen (secondary N) is 1. The van der Waals surface area contributed by atoms with Crippen molar-refractivity contribution in [2.24, 2.45) is 0 Å². The molecule has 0 saturated heterocycles. The standard InChI is InChI=1S/C14H15ClN4OS/c1-9(19-8-16-7-17-19)14(20)18-12-4-5-21-13-3-2-10(15)6-11(12)13/h2-3,6-9,12H,4-5H2,1H3,(H,18,20)/t9-,12+/m0/s1. The van der Waals surface area contributed by atoms with Crippen molar-refractivity contribution in [3.63, 3.8) is 0 Å². The van der Waals surface area contributed by atoms with Gasteiger partial charge in [-0.2, -0.15) is 5.10 Å². The highest BCUT2D eigenvalue weighted by Crippen LogP contribution is 2.37. The Morgan fingerprint density at radius 1 is 1.57 bits per heavy atom. The topological polar surface area (TPSA) is 59.8 Å². The van der Waals surface area contributed by atoms with Gasteiger partial charge < -0.3 is 5.32 Å². The lowest BCUT2D eigenvalue weighted by molar-refractivity contribution is -0.125. The molecule has 7 heteroatoms. The number of benzene rings is 1. The highest BCUT2D eigenvalue weighted by atomic mass is 35.5. The molecule has 0 bridgehead atoms. The maximum Gasteiger partial charge on any atom is 0.245 e. The van der Waals surface area contributed by atoms with Crippen LogP contribution in [0.5, 0.6) is 0 Å².